The number of benzene rings is 4. The van der Waals surface area contributed by atoms with Crippen LogP contribution >= 0.6 is 22.7 Å². The molecule has 66 heavy (non-hydrogen) atoms. The lowest BCUT2D eigenvalue weighted by Crippen LogP contribution is -2.34. The molecule has 10 heteroatoms. The van der Waals surface area contributed by atoms with Crippen molar-refractivity contribution >= 4 is 73.7 Å². The molecule has 0 spiro atoms. The maximum atomic E-state index is 15.4. The molecule has 7 aromatic rings. The largest absolute Gasteiger partial charge is 0.497 e. The number of ether oxygens (including phenoxy) is 1. The van der Waals surface area contributed by atoms with Crippen molar-refractivity contribution in [1.29, 1.82) is 0 Å². The first-order valence-corrected chi connectivity index (χ1v) is 25.2. The molecule has 0 saturated heterocycles. The second-order valence-corrected chi connectivity index (χ2v) is 19.8. The van der Waals surface area contributed by atoms with Gasteiger partial charge in [-0.15, -0.1) is 22.7 Å². The van der Waals surface area contributed by atoms with Crippen LogP contribution in [0.2, 0.25) is 0 Å². The highest BCUT2D eigenvalue weighted by Crippen LogP contribution is 2.51. The van der Waals surface area contributed by atoms with Crippen LogP contribution in [0.1, 0.15) is 99.2 Å². The number of thiophene rings is 2. The van der Waals surface area contributed by atoms with E-state index in [0.29, 0.717) is 29.9 Å². The Kier molecular flexibility index (Phi) is 13.2. The van der Waals surface area contributed by atoms with Crippen molar-refractivity contribution in [2.75, 3.05) is 20.2 Å². The molecule has 2 amide bonds. The van der Waals surface area contributed by atoms with Gasteiger partial charge in [-0.05, 0) is 115 Å². The molecule has 2 aliphatic rings. The molecule has 9 rings (SSSR count). The molecule has 0 aliphatic carbocycles. The van der Waals surface area contributed by atoms with Crippen LogP contribution in [0.25, 0.3) is 59.8 Å². The third-order valence-electron chi connectivity index (χ3n) is 13.5. The van der Waals surface area contributed by atoms with E-state index >= 15 is 9.59 Å². The van der Waals surface area contributed by atoms with Gasteiger partial charge in [0.25, 0.3) is 11.8 Å². The van der Waals surface area contributed by atoms with Gasteiger partial charge in [-0.3, -0.25) is 9.59 Å². The zero-order valence-electron chi connectivity index (χ0n) is 38.4. The number of nitrogens with zero attached hydrogens (tertiary/aromatic N) is 3. The number of carbonyl (C=O) groups is 3. The standard InChI is InChI=1S/C56H57N3O5S2/c1-6-10-14-35(8-3)33-57-52(48-30-28-46(65-48)37-18-20-38(21-19-37)56(62)63)50-51(55(57)61)53(58(54(50)60)34-36(9-4)15-11-7-2)49-31-29-47(66-49)39-22-27-45-43(32-39)42-16-12-13-17-44(42)59(45)40-23-25-41(64-5)26-24-40/h12-13,16-32,35-36H,6-11,14-15,33-34H2,1-5H3,(H,62,63). The number of hydrogen-bond donors (Lipinski definition) is 1. The van der Waals surface area contributed by atoms with E-state index in [1.54, 1.807) is 41.9 Å². The second-order valence-electron chi connectivity index (χ2n) is 17.6. The number of aromatic nitrogens is 1. The maximum absolute atomic E-state index is 15.4. The molecule has 0 saturated carbocycles. The Balaban J connectivity index is 1.18. The minimum Gasteiger partial charge on any atom is -0.497 e. The summed E-state index contributed by atoms with van der Waals surface area (Å²) in [6.45, 7) is 9.88. The summed E-state index contributed by atoms with van der Waals surface area (Å²) < 4.78 is 7.76. The van der Waals surface area contributed by atoms with Crippen LogP contribution < -0.4 is 4.74 Å². The fourth-order valence-corrected chi connectivity index (χ4v) is 11.9. The molecule has 3 aromatic heterocycles. The predicted octanol–water partition coefficient (Wildman–Crippen LogP) is 14.2. The number of para-hydroxylation sites is 1. The minimum absolute atomic E-state index is 0.106. The highest BCUT2D eigenvalue weighted by molar-refractivity contribution is 7.17. The van der Waals surface area contributed by atoms with Gasteiger partial charge in [0.15, 0.2) is 0 Å². The van der Waals surface area contributed by atoms with Crippen molar-refractivity contribution in [1.82, 2.24) is 14.4 Å². The summed E-state index contributed by atoms with van der Waals surface area (Å²) in [5, 5.41) is 11.8. The summed E-state index contributed by atoms with van der Waals surface area (Å²) in [5.74, 6) is 0.187. The molecule has 2 atom stereocenters. The van der Waals surface area contributed by atoms with Crippen LogP contribution in [-0.2, 0) is 9.59 Å². The van der Waals surface area contributed by atoms with Gasteiger partial charge in [-0.1, -0.05) is 103 Å². The lowest BCUT2D eigenvalue weighted by atomic mass is 9.98. The highest BCUT2D eigenvalue weighted by Gasteiger charge is 2.50. The number of rotatable bonds is 19. The quantitative estimate of drug-likeness (QED) is 0.0872. The number of unbranched alkanes of at least 4 members (excludes halogenated alkanes) is 2. The third kappa shape index (κ3) is 8.30. The summed E-state index contributed by atoms with van der Waals surface area (Å²) in [6, 6.07) is 38.5. The topological polar surface area (TPSA) is 92.1 Å². The molecule has 338 valence electrons. The van der Waals surface area contributed by atoms with Crippen LogP contribution in [0, 0.1) is 11.8 Å². The molecule has 0 fully saturated rings. The first-order chi connectivity index (χ1) is 32.2. The number of amides is 2. The number of hydrogen-bond acceptors (Lipinski definition) is 6. The van der Waals surface area contributed by atoms with E-state index < -0.39 is 5.97 Å². The van der Waals surface area contributed by atoms with Gasteiger partial charge in [0, 0.05) is 39.3 Å². The van der Waals surface area contributed by atoms with Gasteiger partial charge >= 0.3 is 5.97 Å². The van der Waals surface area contributed by atoms with Crippen LogP contribution in [0.15, 0.2) is 126 Å². The average molecular weight is 916 g/mol. The minimum atomic E-state index is -0.971. The number of methoxy groups -OCH3 is 1. The number of fused-ring (bicyclic) bond motifs is 4. The predicted molar refractivity (Wildman–Crippen MR) is 271 cm³/mol. The molecule has 2 aliphatic heterocycles. The Labute approximate surface area is 395 Å². The Bertz CT molecular complexity index is 3010. The lowest BCUT2D eigenvalue weighted by Gasteiger charge is -2.29. The lowest BCUT2D eigenvalue weighted by molar-refractivity contribution is -0.124. The van der Waals surface area contributed by atoms with E-state index in [-0.39, 0.29) is 29.2 Å². The van der Waals surface area contributed by atoms with E-state index in [0.717, 1.165) is 121 Å². The van der Waals surface area contributed by atoms with Crippen molar-refractivity contribution in [3.8, 4) is 32.3 Å². The van der Waals surface area contributed by atoms with Crippen LogP contribution in [0.4, 0.5) is 0 Å². The number of carboxylic acids is 1. The first kappa shape index (κ1) is 44.9. The SMILES string of the molecule is CCCCC(CC)CN1C(=O)C2=C(c3ccc(-c4ccc5c(c4)c4ccccc4n5-c4ccc(OC)cc4)s3)N(CC(CC)CCCC)C(=O)C2=C1c1ccc(-c2ccc(C(=O)O)cc2)s1. The Morgan fingerprint density at radius 1 is 0.606 bits per heavy atom. The highest BCUT2D eigenvalue weighted by atomic mass is 32.1. The van der Waals surface area contributed by atoms with Crippen LogP contribution in [0.5, 0.6) is 5.75 Å². The number of aromatic carboxylic acids is 1. The van der Waals surface area contributed by atoms with E-state index in [9.17, 15) is 9.90 Å². The molecule has 0 radical (unpaired) electrons. The Morgan fingerprint density at radius 3 is 1.65 bits per heavy atom. The Hall–Kier alpha value is -6.23. The summed E-state index contributed by atoms with van der Waals surface area (Å²) in [5.41, 5.74) is 7.91. The zero-order valence-corrected chi connectivity index (χ0v) is 40.1. The fourth-order valence-electron chi connectivity index (χ4n) is 9.76. The van der Waals surface area contributed by atoms with Gasteiger partial charge in [-0.2, -0.15) is 0 Å². The molecular weight excluding hydrogens is 859 g/mol. The monoisotopic (exact) mass is 915 g/mol. The van der Waals surface area contributed by atoms with Gasteiger partial charge in [-0.25, -0.2) is 4.79 Å². The summed E-state index contributed by atoms with van der Waals surface area (Å²) in [4.78, 5) is 50.0. The van der Waals surface area contributed by atoms with Crippen molar-refractivity contribution < 1.29 is 24.2 Å². The average Bonchev–Trinajstić information content (AvgIpc) is 4.19. The smallest absolute Gasteiger partial charge is 0.335 e. The van der Waals surface area contributed by atoms with Crippen molar-refractivity contribution in [2.45, 2.75) is 79.1 Å². The van der Waals surface area contributed by atoms with Crippen LogP contribution in [-0.4, -0.2) is 57.5 Å². The van der Waals surface area contributed by atoms with Gasteiger partial charge in [0.1, 0.15) is 5.75 Å². The normalized spacial score (nSPS) is 14.9. The molecule has 8 nitrogen and oxygen atoms in total. The fraction of sp³-hybridized carbons (Fsp3) is 0.304. The van der Waals surface area contributed by atoms with Crippen molar-refractivity contribution in [3.05, 3.63) is 142 Å². The van der Waals surface area contributed by atoms with Crippen molar-refractivity contribution in [2.24, 2.45) is 11.8 Å². The second kappa shape index (κ2) is 19.3. The summed E-state index contributed by atoms with van der Waals surface area (Å²) in [7, 11) is 1.68. The number of carboxylic acid groups (broad SMARTS) is 1. The maximum Gasteiger partial charge on any atom is 0.335 e. The van der Waals surface area contributed by atoms with Gasteiger partial charge < -0.3 is 24.2 Å². The molecular formula is C56H57N3O5S2. The zero-order chi connectivity index (χ0) is 46.1. The van der Waals surface area contributed by atoms with E-state index in [1.807, 2.05) is 46.2 Å². The molecule has 5 heterocycles. The molecule has 2 unspecified atom stereocenters. The first-order valence-electron chi connectivity index (χ1n) is 23.5. The van der Waals surface area contributed by atoms with Crippen LogP contribution in [0.3, 0.4) is 0 Å². The van der Waals surface area contributed by atoms with Crippen molar-refractivity contribution in [3.63, 3.8) is 0 Å². The number of carbonyl (C=O) groups excluding carboxylic acids is 2. The molecule has 4 aromatic carbocycles. The summed E-state index contributed by atoms with van der Waals surface area (Å²) in [6.07, 6.45) is 8.18. The van der Waals surface area contributed by atoms with Gasteiger partial charge in [0.2, 0.25) is 0 Å². The van der Waals surface area contributed by atoms with E-state index in [1.165, 1.54) is 0 Å². The molecule has 1 N–H and O–H groups in total. The molecule has 0 bridgehead atoms. The third-order valence-corrected chi connectivity index (χ3v) is 15.8. The Morgan fingerprint density at radius 2 is 1.12 bits per heavy atom. The van der Waals surface area contributed by atoms with Gasteiger partial charge in [0.05, 0.1) is 56.0 Å². The van der Waals surface area contributed by atoms with E-state index in [4.69, 9.17) is 4.74 Å². The van der Waals surface area contributed by atoms with E-state index in [2.05, 4.69) is 99.0 Å². The summed E-state index contributed by atoms with van der Waals surface area (Å²) >= 11 is 3.18.